The summed E-state index contributed by atoms with van der Waals surface area (Å²) < 4.78 is 2.11. The van der Waals surface area contributed by atoms with Gasteiger partial charge in [0.2, 0.25) is 0 Å². The number of halogens is 1. The van der Waals surface area contributed by atoms with Crippen LogP contribution in [-0.4, -0.2) is 32.2 Å². The maximum atomic E-state index is 4.71. The molecule has 1 aliphatic heterocycles. The van der Waals surface area contributed by atoms with E-state index in [1.807, 2.05) is 12.1 Å². The number of fused-ring (bicyclic) bond motifs is 1. The van der Waals surface area contributed by atoms with Crippen molar-refractivity contribution in [3.8, 4) is 0 Å². The van der Waals surface area contributed by atoms with E-state index in [2.05, 4.69) is 43.7 Å². The molecule has 1 unspecified atom stereocenters. The molecular weight excluding hydrogens is 302 g/mol. The third kappa shape index (κ3) is 3.00. The summed E-state index contributed by atoms with van der Waals surface area (Å²) in [6.45, 7) is 2.20. The zero-order chi connectivity index (χ0) is 13.1. The number of hydrogen-bond acceptors (Lipinski definition) is 2. The quantitative estimate of drug-likeness (QED) is 0.804. The molecule has 4 heteroatoms. The van der Waals surface area contributed by atoms with Gasteiger partial charge in [-0.15, -0.1) is 0 Å². The lowest BCUT2D eigenvalue weighted by atomic mass is 10.00. The van der Waals surface area contributed by atoms with Gasteiger partial charge < -0.3 is 4.40 Å². The molecule has 0 bridgehead atoms. The number of hydrogen-bond donors (Lipinski definition) is 0. The fourth-order valence-corrected chi connectivity index (χ4v) is 3.52. The van der Waals surface area contributed by atoms with Gasteiger partial charge in [-0.25, -0.2) is 4.98 Å². The first-order valence-electron chi connectivity index (χ1n) is 7.09. The van der Waals surface area contributed by atoms with Crippen LogP contribution in [0.2, 0.25) is 0 Å². The van der Waals surface area contributed by atoms with Crippen LogP contribution in [0.3, 0.4) is 0 Å². The van der Waals surface area contributed by atoms with E-state index in [0.29, 0.717) is 0 Å². The lowest BCUT2D eigenvalue weighted by Gasteiger charge is -2.35. The summed E-state index contributed by atoms with van der Waals surface area (Å²) in [7, 11) is 0. The molecule has 0 amide bonds. The highest BCUT2D eigenvalue weighted by molar-refractivity contribution is 9.09. The fourth-order valence-electron chi connectivity index (χ4n) is 2.99. The topological polar surface area (TPSA) is 20.5 Å². The minimum Gasteiger partial charge on any atom is -0.307 e. The summed E-state index contributed by atoms with van der Waals surface area (Å²) in [5, 5.41) is 1.10. The molecule has 1 fully saturated rings. The van der Waals surface area contributed by atoms with Crippen molar-refractivity contribution in [3.63, 3.8) is 0 Å². The van der Waals surface area contributed by atoms with E-state index in [9.17, 15) is 0 Å². The minimum absolute atomic E-state index is 0.720. The highest BCUT2D eigenvalue weighted by atomic mass is 79.9. The Morgan fingerprint density at radius 3 is 3.11 bits per heavy atom. The molecule has 3 heterocycles. The van der Waals surface area contributed by atoms with Crippen LogP contribution in [0.15, 0.2) is 30.6 Å². The van der Waals surface area contributed by atoms with Gasteiger partial charge in [-0.3, -0.25) is 4.90 Å². The number of likely N-dealkylation sites (tertiary alicyclic amines) is 1. The summed E-state index contributed by atoms with van der Waals surface area (Å²) in [5.41, 5.74) is 2.24. The number of pyridine rings is 1. The van der Waals surface area contributed by atoms with E-state index >= 15 is 0 Å². The Bertz CT molecular complexity index is 502. The van der Waals surface area contributed by atoms with Gasteiger partial charge in [0, 0.05) is 30.3 Å². The molecular formula is C15H20BrN3. The molecule has 1 saturated heterocycles. The molecule has 1 aliphatic rings. The predicted octanol–water partition coefficient (Wildman–Crippen LogP) is 3.47. The smallest absolute Gasteiger partial charge is 0.137 e. The molecule has 0 radical (unpaired) electrons. The van der Waals surface area contributed by atoms with Crippen LogP contribution in [0.4, 0.5) is 0 Å². The number of rotatable bonds is 4. The van der Waals surface area contributed by atoms with Crippen molar-refractivity contribution in [1.82, 2.24) is 14.3 Å². The first-order chi connectivity index (χ1) is 9.36. The molecule has 2 aromatic rings. The Balaban J connectivity index is 1.75. The van der Waals surface area contributed by atoms with E-state index in [4.69, 9.17) is 4.98 Å². The van der Waals surface area contributed by atoms with Crippen LogP contribution in [0, 0.1) is 0 Å². The molecule has 0 N–H and O–H groups in total. The summed E-state index contributed by atoms with van der Waals surface area (Å²) in [6, 6.07) is 6.88. The summed E-state index contributed by atoms with van der Waals surface area (Å²) in [4.78, 5) is 7.31. The Morgan fingerprint density at radius 1 is 1.32 bits per heavy atom. The number of piperidine rings is 1. The largest absolute Gasteiger partial charge is 0.307 e. The average Bonchev–Trinajstić information content (AvgIpc) is 2.83. The lowest BCUT2D eigenvalue weighted by Crippen LogP contribution is -2.39. The Labute approximate surface area is 122 Å². The summed E-state index contributed by atoms with van der Waals surface area (Å²) in [5.74, 6) is 0. The second kappa shape index (κ2) is 6.06. The van der Waals surface area contributed by atoms with E-state index in [0.717, 1.165) is 23.6 Å². The maximum absolute atomic E-state index is 4.71. The SMILES string of the molecule is BrCCC1CCCCN1Cc1cn2ccccc2n1. The lowest BCUT2D eigenvalue weighted by molar-refractivity contribution is 0.136. The van der Waals surface area contributed by atoms with Gasteiger partial charge in [-0.05, 0) is 37.9 Å². The molecule has 3 rings (SSSR count). The second-order valence-electron chi connectivity index (χ2n) is 5.30. The fraction of sp³-hybridized carbons (Fsp3) is 0.533. The number of alkyl halides is 1. The molecule has 0 spiro atoms. The molecule has 19 heavy (non-hydrogen) atoms. The highest BCUT2D eigenvalue weighted by Crippen LogP contribution is 2.22. The second-order valence-corrected chi connectivity index (χ2v) is 6.09. The average molecular weight is 322 g/mol. The molecule has 1 atom stereocenters. The van der Waals surface area contributed by atoms with Crippen molar-refractivity contribution in [3.05, 3.63) is 36.3 Å². The van der Waals surface area contributed by atoms with E-state index in [-0.39, 0.29) is 0 Å². The van der Waals surface area contributed by atoms with Crippen molar-refractivity contribution in [2.45, 2.75) is 38.3 Å². The Hall–Kier alpha value is -0.870. The minimum atomic E-state index is 0.720. The van der Waals surface area contributed by atoms with Gasteiger partial charge >= 0.3 is 0 Å². The summed E-state index contributed by atoms with van der Waals surface area (Å²) >= 11 is 3.58. The van der Waals surface area contributed by atoms with Crippen molar-refractivity contribution >= 4 is 21.6 Å². The predicted molar refractivity (Wildman–Crippen MR) is 81.7 cm³/mol. The van der Waals surface area contributed by atoms with E-state index < -0.39 is 0 Å². The standard InChI is InChI=1S/C15H20BrN3/c16-8-7-14-5-1-3-9-18(14)11-13-12-19-10-4-2-6-15(19)17-13/h2,4,6,10,12,14H,1,3,5,7-9,11H2. The third-order valence-electron chi connectivity index (χ3n) is 3.97. The molecule has 3 nitrogen and oxygen atoms in total. The van der Waals surface area contributed by atoms with E-state index in [1.165, 1.54) is 37.9 Å². The molecule has 102 valence electrons. The van der Waals surface area contributed by atoms with Crippen LogP contribution in [0.25, 0.3) is 5.65 Å². The van der Waals surface area contributed by atoms with Crippen LogP contribution in [-0.2, 0) is 6.54 Å². The van der Waals surface area contributed by atoms with Crippen LogP contribution >= 0.6 is 15.9 Å². The van der Waals surface area contributed by atoms with Crippen molar-refractivity contribution in [2.75, 3.05) is 11.9 Å². The van der Waals surface area contributed by atoms with Gasteiger partial charge in [0.25, 0.3) is 0 Å². The van der Waals surface area contributed by atoms with Gasteiger partial charge in [-0.1, -0.05) is 28.4 Å². The number of nitrogens with zero attached hydrogens (tertiary/aromatic N) is 3. The van der Waals surface area contributed by atoms with Crippen molar-refractivity contribution < 1.29 is 0 Å². The molecule has 0 saturated carbocycles. The molecule has 2 aromatic heterocycles. The van der Waals surface area contributed by atoms with Crippen molar-refractivity contribution in [1.29, 1.82) is 0 Å². The van der Waals surface area contributed by atoms with Crippen LogP contribution < -0.4 is 0 Å². The Kier molecular flexibility index (Phi) is 4.18. The van der Waals surface area contributed by atoms with Gasteiger partial charge in [0.05, 0.1) is 5.69 Å². The monoisotopic (exact) mass is 321 g/mol. The van der Waals surface area contributed by atoms with Gasteiger partial charge in [0.1, 0.15) is 5.65 Å². The zero-order valence-corrected chi connectivity index (χ0v) is 12.7. The van der Waals surface area contributed by atoms with Gasteiger partial charge in [0.15, 0.2) is 0 Å². The van der Waals surface area contributed by atoms with Crippen LogP contribution in [0.1, 0.15) is 31.4 Å². The molecule has 0 aromatic carbocycles. The van der Waals surface area contributed by atoms with Crippen LogP contribution in [0.5, 0.6) is 0 Å². The zero-order valence-electron chi connectivity index (χ0n) is 11.1. The Morgan fingerprint density at radius 2 is 2.26 bits per heavy atom. The third-order valence-corrected chi connectivity index (χ3v) is 4.43. The van der Waals surface area contributed by atoms with E-state index in [1.54, 1.807) is 0 Å². The normalized spacial score (nSPS) is 21.0. The molecule has 0 aliphatic carbocycles. The first-order valence-corrected chi connectivity index (χ1v) is 8.21. The number of imidazole rings is 1. The van der Waals surface area contributed by atoms with Crippen molar-refractivity contribution in [2.24, 2.45) is 0 Å². The number of aromatic nitrogens is 2. The highest BCUT2D eigenvalue weighted by Gasteiger charge is 2.22. The first kappa shape index (κ1) is 13.1. The van der Waals surface area contributed by atoms with Gasteiger partial charge in [-0.2, -0.15) is 0 Å². The summed E-state index contributed by atoms with van der Waals surface area (Å²) in [6.07, 6.45) is 9.50. The maximum Gasteiger partial charge on any atom is 0.137 e.